The minimum absolute atomic E-state index is 0.0365. The van der Waals surface area contributed by atoms with E-state index in [4.69, 9.17) is 0 Å². The van der Waals surface area contributed by atoms with Crippen molar-refractivity contribution in [2.45, 2.75) is 20.4 Å². The summed E-state index contributed by atoms with van der Waals surface area (Å²) in [5, 5.41) is 5.44. The average Bonchev–Trinajstić information content (AvgIpc) is 2.61. The lowest BCUT2D eigenvalue weighted by molar-refractivity contribution is -0.114. The monoisotopic (exact) mass is 347 g/mol. The first-order valence-electron chi connectivity index (χ1n) is 8.32. The van der Waals surface area contributed by atoms with Crippen LogP contribution in [0.5, 0.6) is 0 Å². The zero-order valence-electron chi connectivity index (χ0n) is 14.5. The summed E-state index contributed by atoms with van der Waals surface area (Å²) in [6.07, 6.45) is 0. The molecule has 2 aromatic carbocycles. The minimum atomic E-state index is -0.670. The van der Waals surface area contributed by atoms with Gasteiger partial charge < -0.3 is 10.6 Å². The van der Waals surface area contributed by atoms with Gasteiger partial charge in [-0.05, 0) is 36.9 Å². The van der Waals surface area contributed by atoms with Gasteiger partial charge in [0.05, 0.1) is 12.2 Å². The Hall–Kier alpha value is -2.47. The van der Waals surface area contributed by atoms with E-state index in [1.165, 1.54) is 0 Å². The van der Waals surface area contributed by atoms with E-state index in [0.29, 0.717) is 0 Å². The molecule has 1 amide bonds. The number of halogens is 2. The number of benzene rings is 2. The Morgan fingerprint density at radius 3 is 2.48 bits per heavy atom. The Bertz CT molecular complexity index is 718. The summed E-state index contributed by atoms with van der Waals surface area (Å²) < 4.78 is 26.7. The molecule has 134 valence electrons. The molecular weight excluding hydrogens is 324 g/mol. The molecule has 25 heavy (non-hydrogen) atoms. The number of nitrogens with one attached hydrogen (secondary N) is 2. The fourth-order valence-corrected chi connectivity index (χ4v) is 2.48. The Morgan fingerprint density at radius 1 is 1.04 bits per heavy atom. The van der Waals surface area contributed by atoms with Gasteiger partial charge in [0.15, 0.2) is 0 Å². The number of nitrogens with zero attached hydrogens (tertiary/aromatic N) is 1. The zero-order valence-corrected chi connectivity index (χ0v) is 14.5. The lowest BCUT2D eigenvalue weighted by Crippen LogP contribution is -2.25. The Morgan fingerprint density at radius 2 is 1.76 bits per heavy atom. The first-order valence-corrected chi connectivity index (χ1v) is 8.32. The molecule has 0 aliphatic carbocycles. The van der Waals surface area contributed by atoms with Crippen LogP contribution in [0.3, 0.4) is 0 Å². The molecule has 2 aromatic rings. The molecule has 0 heterocycles. The van der Waals surface area contributed by atoms with Crippen molar-refractivity contribution < 1.29 is 13.6 Å². The van der Waals surface area contributed by atoms with Gasteiger partial charge in [0.1, 0.15) is 11.6 Å². The van der Waals surface area contributed by atoms with Crippen LogP contribution in [0.4, 0.5) is 20.2 Å². The fourth-order valence-electron chi connectivity index (χ4n) is 2.48. The van der Waals surface area contributed by atoms with E-state index in [-0.39, 0.29) is 12.2 Å². The van der Waals surface area contributed by atoms with E-state index in [0.717, 1.165) is 49.1 Å². The molecule has 0 aliphatic heterocycles. The van der Waals surface area contributed by atoms with Gasteiger partial charge in [-0.25, -0.2) is 8.78 Å². The van der Waals surface area contributed by atoms with Crippen LogP contribution in [-0.2, 0) is 11.3 Å². The summed E-state index contributed by atoms with van der Waals surface area (Å²) in [7, 11) is 0. The highest BCUT2D eigenvalue weighted by Gasteiger charge is 2.10. The van der Waals surface area contributed by atoms with Gasteiger partial charge in [-0.3, -0.25) is 9.69 Å². The number of carbonyl (C=O) groups is 1. The molecule has 0 unspecified atom stereocenters. The maximum atomic E-state index is 13.6. The Labute approximate surface area is 146 Å². The predicted octanol–water partition coefficient (Wildman–Crippen LogP) is 3.86. The van der Waals surface area contributed by atoms with Crippen molar-refractivity contribution >= 4 is 17.3 Å². The Balaban J connectivity index is 1.99. The average molecular weight is 347 g/mol. The second-order valence-electron chi connectivity index (χ2n) is 5.64. The molecule has 0 saturated carbocycles. The first kappa shape index (κ1) is 18.9. The third-order valence-corrected chi connectivity index (χ3v) is 3.95. The predicted molar refractivity (Wildman–Crippen MR) is 96.5 cm³/mol. The van der Waals surface area contributed by atoms with Crippen molar-refractivity contribution in [3.63, 3.8) is 0 Å². The standard InChI is InChI=1S/C19H23F2N3O/c1-3-24(4-2)13-14-7-5-6-8-17(14)22-12-19(25)23-18-11-15(20)9-10-16(18)21/h5-11,22H,3-4,12-13H2,1-2H3,(H,23,25). The van der Waals surface area contributed by atoms with Crippen LogP contribution >= 0.6 is 0 Å². The number of carbonyl (C=O) groups excluding carboxylic acids is 1. The molecule has 0 aromatic heterocycles. The van der Waals surface area contributed by atoms with Crippen LogP contribution in [0.15, 0.2) is 42.5 Å². The Kier molecular flexibility index (Phi) is 6.89. The van der Waals surface area contributed by atoms with Crippen molar-refractivity contribution in [2.24, 2.45) is 0 Å². The molecule has 0 saturated heterocycles. The van der Waals surface area contributed by atoms with Crippen molar-refractivity contribution in [1.29, 1.82) is 0 Å². The number of hydrogen-bond donors (Lipinski definition) is 2. The van der Waals surface area contributed by atoms with E-state index >= 15 is 0 Å². The van der Waals surface area contributed by atoms with Crippen LogP contribution in [-0.4, -0.2) is 30.4 Å². The van der Waals surface area contributed by atoms with Gasteiger partial charge in [0.25, 0.3) is 0 Å². The van der Waals surface area contributed by atoms with Crippen molar-refractivity contribution in [3.05, 3.63) is 59.7 Å². The normalized spacial score (nSPS) is 10.8. The van der Waals surface area contributed by atoms with Crippen LogP contribution < -0.4 is 10.6 Å². The summed E-state index contributed by atoms with van der Waals surface area (Å²) in [5.41, 5.74) is 1.77. The van der Waals surface area contributed by atoms with Gasteiger partial charge >= 0.3 is 0 Å². The van der Waals surface area contributed by atoms with E-state index in [1.54, 1.807) is 0 Å². The van der Waals surface area contributed by atoms with Crippen molar-refractivity contribution in [2.75, 3.05) is 30.3 Å². The first-order chi connectivity index (χ1) is 12.0. The highest BCUT2D eigenvalue weighted by molar-refractivity contribution is 5.93. The van der Waals surface area contributed by atoms with Crippen LogP contribution in [0.2, 0.25) is 0 Å². The van der Waals surface area contributed by atoms with E-state index in [2.05, 4.69) is 29.4 Å². The smallest absolute Gasteiger partial charge is 0.243 e. The molecule has 0 fully saturated rings. The zero-order chi connectivity index (χ0) is 18.2. The summed E-state index contributed by atoms with van der Waals surface area (Å²) in [5.74, 6) is -1.71. The fraction of sp³-hybridized carbons (Fsp3) is 0.316. The quantitative estimate of drug-likeness (QED) is 0.762. The SMILES string of the molecule is CCN(CC)Cc1ccccc1NCC(=O)Nc1cc(F)ccc1F. The number of amides is 1. The molecule has 0 aliphatic rings. The lowest BCUT2D eigenvalue weighted by atomic mass is 10.1. The van der Waals surface area contributed by atoms with Gasteiger partial charge in [-0.1, -0.05) is 32.0 Å². The van der Waals surface area contributed by atoms with Crippen LogP contribution in [0.25, 0.3) is 0 Å². The molecule has 0 spiro atoms. The van der Waals surface area contributed by atoms with Gasteiger partial charge in [-0.15, -0.1) is 0 Å². The third-order valence-electron chi connectivity index (χ3n) is 3.95. The van der Waals surface area contributed by atoms with E-state index in [1.807, 2.05) is 24.3 Å². The largest absolute Gasteiger partial charge is 0.376 e. The summed E-state index contributed by atoms with van der Waals surface area (Å²) >= 11 is 0. The van der Waals surface area contributed by atoms with E-state index in [9.17, 15) is 13.6 Å². The highest BCUT2D eigenvalue weighted by atomic mass is 19.1. The second-order valence-corrected chi connectivity index (χ2v) is 5.64. The molecular formula is C19H23F2N3O. The number of hydrogen-bond acceptors (Lipinski definition) is 3. The number of anilines is 2. The molecule has 2 N–H and O–H groups in total. The summed E-state index contributed by atoms with van der Waals surface area (Å²) in [6.45, 7) is 6.80. The maximum absolute atomic E-state index is 13.6. The van der Waals surface area contributed by atoms with Crippen LogP contribution in [0, 0.1) is 11.6 Å². The van der Waals surface area contributed by atoms with Gasteiger partial charge in [0, 0.05) is 18.3 Å². The van der Waals surface area contributed by atoms with Crippen molar-refractivity contribution in [1.82, 2.24) is 4.90 Å². The lowest BCUT2D eigenvalue weighted by Gasteiger charge is -2.20. The highest BCUT2D eigenvalue weighted by Crippen LogP contribution is 2.18. The van der Waals surface area contributed by atoms with Crippen molar-refractivity contribution in [3.8, 4) is 0 Å². The summed E-state index contributed by atoms with van der Waals surface area (Å²) in [4.78, 5) is 14.3. The molecule has 6 heteroatoms. The maximum Gasteiger partial charge on any atom is 0.243 e. The number of para-hydroxylation sites is 1. The molecule has 2 rings (SSSR count). The van der Waals surface area contributed by atoms with Gasteiger partial charge in [-0.2, -0.15) is 0 Å². The third kappa shape index (κ3) is 5.53. The second kappa shape index (κ2) is 9.13. The molecule has 0 radical (unpaired) electrons. The summed E-state index contributed by atoms with van der Waals surface area (Å²) in [6, 6.07) is 10.7. The molecule has 0 bridgehead atoms. The van der Waals surface area contributed by atoms with Gasteiger partial charge in [0.2, 0.25) is 5.91 Å². The topological polar surface area (TPSA) is 44.4 Å². The molecule has 4 nitrogen and oxygen atoms in total. The minimum Gasteiger partial charge on any atom is -0.376 e. The molecule has 0 atom stereocenters. The van der Waals surface area contributed by atoms with Crippen LogP contribution in [0.1, 0.15) is 19.4 Å². The number of rotatable bonds is 8. The van der Waals surface area contributed by atoms with E-state index < -0.39 is 17.5 Å².